The number of anilines is 1. The van der Waals surface area contributed by atoms with E-state index in [0.717, 1.165) is 6.07 Å². The van der Waals surface area contributed by atoms with E-state index in [9.17, 15) is 18.8 Å². The van der Waals surface area contributed by atoms with Gasteiger partial charge in [0.05, 0.1) is 5.02 Å². The molecule has 30 heavy (non-hydrogen) atoms. The van der Waals surface area contributed by atoms with Crippen LogP contribution in [0.4, 0.5) is 10.1 Å². The van der Waals surface area contributed by atoms with Crippen LogP contribution in [0.3, 0.4) is 0 Å². The molecule has 7 nitrogen and oxygen atoms in total. The van der Waals surface area contributed by atoms with E-state index in [1.54, 1.807) is 24.3 Å². The first-order chi connectivity index (χ1) is 14.2. The van der Waals surface area contributed by atoms with Crippen LogP contribution in [0, 0.1) is 5.82 Å². The molecule has 9 heteroatoms. The molecule has 0 saturated heterocycles. The van der Waals surface area contributed by atoms with Gasteiger partial charge in [0.25, 0.3) is 11.8 Å². The van der Waals surface area contributed by atoms with Gasteiger partial charge in [-0.3, -0.25) is 14.4 Å². The molecule has 0 atom stereocenters. The smallest absolute Gasteiger partial charge is 0.257 e. The summed E-state index contributed by atoms with van der Waals surface area (Å²) in [6.45, 7) is 5.10. The predicted molar refractivity (Wildman–Crippen MR) is 112 cm³/mol. The van der Waals surface area contributed by atoms with Crippen LogP contribution < -0.4 is 20.7 Å². The third kappa shape index (κ3) is 7.56. The molecule has 3 N–H and O–H groups in total. The van der Waals surface area contributed by atoms with Crippen LogP contribution in [-0.2, 0) is 9.59 Å². The molecule has 0 radical (unpaired) electrons. The number of hydrogen-bond donors (Lipinski definition) is 3. The molecule has 2 aromatic rings. The maximum atomic E-state index is 13.3. The summed E-state index contributed by atoms with van der Waals surface area (Å²) >= 11 is 5.58. The minimum Gasteiger partial charge on any atom is -0.484 e. The highest BCUT2D eigenvalue weighted by Gasteiger charge is 2.09. The number of hydrogen-bond acceptors (Lipinski definition) is 4. The maximum absolute atomic E-state index is 13.3. The number of halogens is 2. The number of benzene rings is 2. The van der Waals surface area contributed by atoms with E-state index in [-0.39, 0.29) is 35.7 Å². The molecule has 2 rings (SSSR count). The van der Waals surface area contributed by atoms with Crippen molar-refractivity contribution >= 4 is 35.0 Å². The van der Waals surface area contributed by atoms with Crippen LogP contribution in [0.25, 0.3) is 0 Å². The second-order valence-corrected chi connectivity index (χ2v) is 6.69. The molecule has 0 heterocycles. The number of nitrogens with one attached hydrogen (secondary N) is 3. The van der Waals surface area contributed by atoms with Crippen LogP contribution in [0.1, 0.15) is 23.7 Å². The van der Waals surface area contributed by atoms with E-state index < -0.39 is 11.7 Å². The summed E-state index contributed by atoms with van der Waals surface area (Å²) in [5.74, 6) is -1.40. The maximum Gasteiger partial charge on any atom is 0.257 e. The third-order valence-electron chi connectivity index (χ3n) is 3.77. The molecule has 0 bridgehead atoms. The van der Waals surface area contributed by atoms with Gasteiger partial charge in [0.1, 0.15) is 11.6 Å². The van der Waals surface area contributed by atoms with E-state index >= 15 is 0 Å². The molecule has 158 valence electrons. The van der Waals surface area contributed by atoms with E-state index in [0.29, 0.717) is 23.4 Å². The lowest BCUT2D eigenvalue weighted by atomic mass is 10.2. The zero-order valence-electron chi connectivity index (χ0n) is 16.3. The Bertz CT molecular complexity index is 948. The molecule has 0 spiro atoms. The SMILES string of the molecule is C=C(CCNC(=O)COc1ccc(Cl)c(F)c1)NC(=O)c1ccc(NC(C)=O)cc1. The number of carbonyl (C=O) groups excluding carboxylic acids is 3. The van der Waals surface area contributed by atoms with Crippen molar-refractivity contribution in [3.05, 3.63) is 71.1 Å². The zero-order valence-corrected chi connectivity index (χ0v) is 17.0. The largest absolute Gasteiger partial charge is 0.484 e. The Kier molecular flexibility index (Phi) is 8.37. The monoisotopic (exact) mass is 433 g/mol. The highest BCUT2D eigenvalue weighted by Crippen LogP contribution is 2.20. The molecule has 0 aliphatic carbocycles. The number of amides is 3. The van der Waals surface area contributed by atoms with Crippen molar-refractivity contribution in [2.75, 3.05) is 18.5 Å². The summed E-state index contributed by atoms with van der Waals surface area (Å²) in [5.41, 5.74) is 1.41. The Morgan fingerprint density at radius 1 is 1.13 bits per heavy atom. The Labute approximate surface area is 178 Å². The van der Waals surface area contributed by atoms with E-state index in [2.05, 4.69) is 22.5 Å². The van der Waals surface area contributed by atoms with Gasteiger partial charge in [-0.15, -0.1) is 0 Å². The van der Waals surface area contributed by atoms with E-state index in [1.165, 1.54) is 19.1 Å². The molecule has 0 fully saturated rings. The summed E-state index contributed by atoms with van der Waals surface area (Å²) in [4.78, 5) is 35.0. The summed E-state index contributed by atoms with van der Waals surface area (Å²) in [6, 6.07) is 10.3. The van der Waals surface area contributed by atoms with Crippen molar-refractivity contribution < 1.29 is 23.5 Å². The molecule has 0 aromatic heterocycles. The van der Waals surface area contributed by atoms with Gasteiger partial charge in [0.2, 0.25) is 5.91 Å². The molecule has 0 saturated carbocycles. The first-order valence-electron chi connectivity index (χ1n) is 8.96. The van der Waals surface area contributed by atoms with Gasteiger partial charge >= 0.3 is 0 Å². The van der Waals surface area contributed by atoms with Gasteiger partial charge in [0.15, 0.2) is 6.61 Å². The van der Waals surface area contributed by atoms with Crippen LogP contribution >= 0.6 is 11.6 Å². The zero-order chi connectivity index (χ0) is 22.1. The molecule has 0 aliphatic rings. The van der Waals surface area contributed by atoms with E-state index in [4.69, 9.17) is 16.3 Å². The molecular weight excluding hydrogens is 413 g/mol. The van der Waals surface area contributed by atoms with Crippen molar-refractivity contribution in [1.82, 2.24) is 10.6 Å². The molecule has 0 unspecified atom stereocenters. The van der Waals surface area contributed by atoms with Gasteiger partial charge < -0.3 is 20.7 Å². The first-order valence-corrected chi connectivity index (χ1v) is 9.33. The average Bonchev–Trinajstić information content (AvgIpc) is 2.69. The topological polar surface area (TPSA) is 96.5 Å². The average molecular weight is 434 g/mol. The fraction of sp³-hybridized carbons (Fsp3) is 0.190. The quantitative estimate of drug-likeness (QED) is 0.565. The van der Waals surface area contributed by atoms with Gasteiger partial charge in [-0.05, 0) is 36.4 Å². The Morgan fingerprint density at radius 3 is 2.47 bits per heavy atom. The molecular formula is C21H21ClFN3O4. The van der Waals surface area contributed by atoms with Crippen molar-refractivity contribution in [2.45, 2.75) is 13.3 Å². The molecule has 0 aliphatic heterocycles. The number of carbonyl (C=O) groups is 3. The minimum absolute atomic E-state index is 0.0315. The highest BCUT2D eigenvalue weighted by molar-refractivity contribution is 6.30. The van der Waals surface area contributed by atoms with Gasteiger partial charge in [-0.1, -0.05) is 18.2 Å². The lowest BCUT2D eigenvalue weighted by Crippen LogP contribution is -2.31. The predicted octanol–water partition coefficient (Wildman–Crippen LogP) is 3.27. The molecule has 2 aromatic carbocycles. The Morgan fingerprint density at radius 2 is 1.83 bits per heavy atom. The van der Waals surface area contributed by atoms with Crippen molar-refractivity contribution in [2.24, 2.45) is 0 Å². The van der Waals surface area contributed by atoms with Crippen molar-refractivity contribution in [1.29, 1.82) is 0 Å². The Hall–Kier alpha value is -3.39. The second kappa shape index (κ2) is 11.0. The fourth-order valence-electron chi connectivity index (χ4n) is 2.32. The number of ether oxygens (including phenoxy) is 1. The normalized spacial score (nSPS) is 10.1. The first kappa shape index (κ1) is 22.9. The summed E-state index contributed by atoms with van der Waals surface area (Å²) in [7, 11) is 0. The van der Waals surface area contributed by atoms with Gasteiger partial charge in [-0.25, -0.2) is 4.39 Å². The van der Waals surface area contributed by atoms with Crippen LogP contribution in [0.5, 0.6) is 5.75 Å². The van der Waals surface area contributed by atoms with Gasteiger partial charge in [-0.2, -0.15) is 0 Å². The van der Waals surface area contributed by atoms with Crippen LogP contribution in [0.2, 0.25) is 5.02 Å². The second-order valence-electron chi connectivity index (χ2n) is 6.28. The summed E-state index contributed by atoms with van der Waals surface area (Å²) in [5, 5.41) is 7.84. The summed E-state index contributed by atoms with van der Waals surface area (Å²) < 4.78 is 18.5. The minimum atomic E-state index is -0.633. The lowest BCUT2D eigenvalue weighted by molar-refractivity contribution is -0.123. The Balaban J connectivity index is 1.69. The van der Waals surface area contributed by atoms with Crippen LogP contribution in [-0.4, -0.2) is 30.9 Å². The third-order valence-corrected chi connectivity index (χ3v) is 4.07. The van der Waals surface area contributed by atoms with Crippen molar-refractivity contribution in [3.63, 3.8) is 0 Å². The summed E-state index contributed by atoms with van der Waals surface area (Å²) in [6.07, 6.45) is 0.316. The highest BCUT2D eigenvalue weighted by atomic mass is 35.5. The lowest BCUT2D eigenvalue weighted by Gasteiger charge is -2.11. The van der Waals surface area contributed by atoms with Crippen molar-refractivity contribution in [3.8, 4) is 5.75 Å². The number of rotatable bonds is 9. The fourth-order valence-corrected chi connectivity index (χ4v) is 2.44. The van der Waals surface area contributed by atoms with Gasteiger partial charge in [0, 0.05) is 42.9 Å². The van der Waals surface area contributed by atoms with E-state index in [1.807, 2.05) is 0 Å². The molecule has 3 amide bonds. The standard InChI is InChI=1S/C21H21ClFN3O4/c1-13(25-21(29)15-3-5-16(6-4-15)26-14(2)27)9-10-24-20(28)12-30-17-7-8-18(22)19(23)11-17/h3-8,11H,1,9-10,12H2,2H3,(H,24,28)(H,25,29)(H,26,27). The van der Waals surface area contributed by atoms with Crippen LogP contribution in [0.15, 0.2) is 54.7 Å².